The van der Waals surface area contributed by atoms with E-state index in [0.717, 1.165) is 0 Å². The van der Waals surface area contributed by atoms with Crippen LogP contribution >= 0.6 is 15.9 Å². The summed E-state index contributed by atoms with van der Waals surface area (Å²) < 4.78 is 1.70. The van der Waals surface area contributed by atoms with Gasteiger partial charge in [0.25, 0.3) is 0 Å². The van der Waals surface area contributed by atoms with Crippen molar-refractivity contribution in [3.63, 3.8) is 0 Å². The van der Waals surface area contributed by atoms with Crippen LogP contribution < -0.4 is 5.69 Å². The Balaban J connectivity index is 2.22. The second kappa shape index (κ2) is 4.34. The lowest BCUT2D eigenvalue weighted by Gasteiger charge is -1.98. The highest BCUT2D eigenvalue weighted by Crippen LogP contribution is 2.31. The minimum Gasteiger partial charge on any atom is -0.476 e. The fourth-order valence-electron chi connectivity index (χ4n) is 2.09. The van der Waals surface area contributed by atoms with Crippen LogP contribution in [0.2, 0.25) is 0 Å². The number of imidazole rings is 1. The first-order valence-electron chi connectivity index (χ1n) is 5.65. The molecule has 0 unspecified atom stereocenters. The molecule has 0 saturated heterocycles. The topological polar surface area (TPSA) is 104 Å². The third-order valence-corrected chi connectivity index (χ3v) is 3.73. The summed E-state index contributed by atoms with van der Waals surface area (Å²) in [5, 5.41) is 13.3. The van der Waals surface area contributed by atoms with Crippen LogP contribution in [0.3, 0.4) is 0 Å². The van der Waals surface area contributed by atoms with Crippen LogP contribution in [0.1, 0.15) is 10.5 Å². The Labute approximate surface area is 120 Å². The van der Waals surface area contributed by atoms with E-state index in [1.165, 1.54) is 4.68 Å². The summed E-state index contributed by atoms with van der Waals surface area (Å²) in [5.74, 6) is -1.06. The van der Waals surface area contributed by atoms with Gasteiger partial charge in [-0.05, 0) is 28.1 Å². The molecule has 0 amide bonds. The number of aryl methyl sites for hydroxylation is 1. The zero-order valence-electron chi connectivity index (χ0n) is 10.3. The lowest BCUT2D eigenvalue weighted by atomic mass is 10.1. The summed E-state index contributed by atoms with van der Waals surface area (Å²) >= 11 is 3.26. The number of halogens is 1. The van der Waals surface area contributed by atoms with Gasteiger partial charge in [-0.15, -0.1) is 0 Å². The maximum absolute atomic E-state index is 11.2. The van der Waals surface area contributed by atoms with Crippen LogP contribution in [0, 0.1) is 0 Å². The quantitative estimate of drug-likeness (QED) is 0.662. The fraction of sp³-hybridized carbons (Fsp3) is 0.0833. The Morgan fingerprint density at radius 3 is 2.70 bits per heavy atom. The lowest BCUT2D eigenvalue weighted by Crippen LogP contribution is -2.05. The molecule has 3 N–H and O–H groups in total. The van der Waals surface area contributed by atoms with E-state index < -0.39 is 5.97 Å². The van der Waals surface area contributed by atoms with Crippen molar-refractivity contribution in [2.24, 2.45) is 7.05 Å². The molecule has 7 nitrogen and oxygen atoms in total. The predicted octanol–water partition coefficient (Wildman–Crippen LogP) is 1.72. The number of nitrogens with one attached hydrogen (secondary N) is 2. The number of carboxylic acids is 1. The average Bonchev–Trinajstić information content (AvgIpc) is 2.87. The molecule has 0 saturated carbocycles. The maximum Gasteiger partial charge on any atom is 0.355 e. The van der Waals surface area contributed by atoms with Crippen molar-refractivity contribution >= 4 is 32.9 Å². The minimum absolute atomic E-state index is 0.0719. The highest BCUT2D eigenvalue weighted by Gasteiger charge is 2.20. The zero-order chi connectivity index (χ0) is 14.4. The molecule has 0 atom stereocenters. The predicted molar refractivity (Wildman–Crippen MR) is 75.8 cm³/mol. The summed E-state index contributed by atoms with van der Waals surface area (Å²) in [6.45, 7) is 0. The number of carboxylic acid groups (broad SMARTS) is 1. The van der Waals surface area contributed by atoms with Gasteiger partial charge in [0.2, 0.25) is 0 Å². The van der Waals surface area contributed by atoms with Crippen molar-refractivity contribution in [3.8, 4) is 11.3 Å². The van der Waals surface area contributed by atoms with Gasteiger partial charge in [-0.25, -0.2) is 9.59 Å². The third kappa shape index (κ3) is 1.85. The first-order valence-corrected chi connectivity index (χ1v) is 6.45. The number of aromatic carboxylic acids is 1. The van der Waals surface area contributed by atoms with E-state index in [0.29, 0.717) is 26.8 Å². The van der Waals surface area contributed by atoms with Crippen molar-refractivity contribution in [3.05, 3.63) is 38.9 Å². The molecule has 1 aromatic carbocycles. The summed E-state index contributed by atoms with van der Waals surface area (Å²) in [4.78, 5) is 27.7. The molecule has 0 fully saturated rings. The van der Waals surface area contributed by atoms with E-state index >= 15 is 0 Å². The molecule has 0 aliphatic heterocycles. The molecular weight excluding hydrogens is 328 g/mol. The second-order valence-electron chi connectivity index (χ2n) is 4.28. The lowest BCUT2D eigenvalue weighted by molar-refractivity contribution is 0.0684. The fourth-order valence-corrected chi connectivity index (χ4v) is 2.83. The van der Waals surface area contributed by atoms with Gasteiger partial charge in [0.1, 0.15) is 5.69 Å². The molecule has 2 heterocycles. The van der Waals surface area contributed by atoms with Crippen molar-refractivity contribution in [1.29, 1.82) is 0 Å². The molecule has 0 radical (unpaired) electrons. The van der Waals surface area contributed by atoms with E-state index in [9.17, 15) is 9.59 Å². The van der Waals surface area contributed by atoms with Crippen LogP contribution in [-0.2, 0) is 7.05 Å². The van der Waals surface area contributed by atoms with Crippen LogP contribution in [0.4, 0.5) is 0 Å². The Morgan fingerprint density at radius 2 is 2.05 bits per heavy atom. The highest BCUT2D eigenvalue weighted by atomic mass is 79.9. The number of benzene rings is 1. The number of hydrogen-bond acceptors (Lipinski definition) is 3. The number of nitrogens with zero attached hydrogens (tertiary/aromatic N) is 2. The summed E-state index contributed by atoms with van der Waals surface area (Å²) in [7, 11) is 1.56. The number of aromatic nitrogens is 4. The monoisotopic (exact) mass is 336 g/mol. The molecule has 0 aliphatic rings. The van der Waals surface area contributed by atoms with Crippen molar-refractivity contribution in [1.82, 2.24) is 19.7 Å². The van der Waals surface area contributed by atoms with Crippen LogP contribution in [0.15, 0.2) is 27.5 Å². The SMILES string of the molecule is Cn1nc(-c2ccc3[nH]c(=O)[nH]c3c2)c(Br)c1C(=O)O. The Kier molecular flexibility index (Phi) is 2.75. The standard InChI is InChI=1S/C12H9BrN4O3/c1-17-10(11(18)19)8(13)9(16-17)5-2-3-6-7(4-5)15-12(20)14-6/h2-4H,1H3,(H,18,19)(H2,14,15,20). The van der Waals surface area contributed by atoms with E-state index in [-0.39, 0.29) is 11.4 Å². The van der Waals surface area contributed by atoms with E-state index in [4.69, 9.17) is 5.11 Å². The van der Waals surface area contributed by atoms with Crippen molar-refractivity contribution < 1.29 is 9.90 Å². The van der Waals surface area contributed by atoms with E-state index in [1.807, 2.05) is 0 Å². The maximum atomic E-state index is 11.2. The number of carbonyl (C=O) groups is 1. The number of hydrogen-bond donors (Lipinski definition) is 3. The largest absolute Gasteiger partial charge is 0.476 e. The van der Waals surface area contributed by atoms with E-state index in [2.05, 4.69) is 31.0 Å². The molecule has 3 aromatic rings. The molecule has 2 aromatic heterocycles. The normalized spacial score (nSPS) is 11.1. The molecule has 20 heavy (non-hydrogen) atoms. The minimum atomic E-state index is -1.06. The molecule has 0 aliphatic carbocycles. The zero-order valence-corrected chi connectivity index (χ0v) is 11.9. The number of rotatable bonds is 2. The van der Waals surface area contributed by atoms with Gasteiger partial charge in [0.05, 0.1) is 15.5 Å². The molecule has 0 bridgehead atoms. The van der Waals surface area contributed by atoms with Gasteiger partial charge >= 0.3 is 11.7 Å². The first kappa shape index (κ1) is 12.7. The molecule has 0 spiro atoms. The van der Waals surface area contributed by atoms with E-state index in [1.54, 1.807) is 25.2 Å². The highest BCUT2D eigenvalue weighted by molar-refractivity contribution is 9.10. The Bertz CT molecular complexity index is 890. The summed E-state index contributed by atoms with van der Waals surface area (Å²) in [6.07, 6.45) is 0. The molecule has 3 rings (SSSR count). The smallest absolute Gasteiger partial charge is 0.355 e. The third-order valence-electron chi connectivity index (χ3n) is 2.98. The van der Waals surface area contributed by atoms with Crippen LogP contribution in [0.5, 0.6) is 0 Å². The second-order valence-corrected chi connectivity index (χ2v) is 5.07. The summed E-state index contributed by atoms with van der Waals surface area (Å²) in [6, 6.07) is 5.25. The van der Waals surface area contributed by atoms with Gasteiger partial charge in [-0.1, -0.05) is 6.07 Å². The van der Waals surface area contributed by atoms with Crippen LogP contribution in [0.25, 0.3) is 22.3 Å². The number of fused-ring (bicyclic) bond motifs is 1. The van der Waals surface area contributed by atoms with Gasteiger partial charge in [-0.3, -0.25) is 4.68 Å². The van der Waals surface area contributed by atoms with Crippen molar-refractivity contribution in [2.75, 3.05) is 0 Å². The van der Waals surface area contributed by atoms with Gasteiger partial charge in [0.15, 0.2) is 5.69 Å². The first-order chi connectivity index (χ1) is 9.47. The van der Waals surface area contributed by atoms with Crippen molar-refractivity contribution in [2.45, 2.75) is 0 Å². The molecular formula is C12H9BrN4O3. The van der Waals surface area contributed by atoms with Gasteiger partial charge in [-0.2, -0.15) is 5.10 Å². The Hall–Kier alpha value is -2.35. The van der Waals surface area contributed by atoms with Gasteiger partial charge in [0, 0.05) is 12.6 Å². The number of H-pyrrole nitrogens is 2. The molecule has 102 valence electrons. The average molecular weight is 337 g/mol. The molecule has 8 heteroatoms. The van der Waals surface area contributed by atoms with Gasteiger partial charge < -0.3 is 15.1 Å². The number of aromatic amines is 2. The van der Waals surface area contributed by atoms with Crippen LogP contribution in [-0.4, -0.2) is 30.8 Å². The Morgan fingerprint density at radius 1 is 1.35 bits per heavy atom. The summed E-state index contributed by atoms with van der Waals surface area (Å²) in [5.41, 5.74) is 2.33.